The third-order valence-electron chi connectivity index (χ3n) is 16.2. The van der Waals surface area contributed by atoms with E-state index in [1.54, 1.807) is 0 Å². The summed E-state index contributed by atoms with van der Waals surface area (Å²) in [6.07, 6.45) is 0. The van der Waals surface area contributed by atoms with Crippen molar-refractivity contribution in [3.05, 3.63) is 188 Å². The van der Waals surface area contributed by atoms with E-state index in [9.17, 15) is 0 Å². The van der Waals surface area contributed by atoms with Crippen LogP contribution in [0, 0.1) is 83.1 Å². The van der Waals surface area contributed by atoms with Gasteiger partial charge in [0.05, 0.1) is 11.0 Å². The van der Waals surface area contributed by atoms with Gasteiger partial charge in [-0.1, -0.05) is 123 Å². The van der Waals surface area contributed by atoms with Gasteiger partial charge in [0, 0.05) is 33.5 Å². The van der Waals surface area contributed by atoms with E-state index in [0.717, 1.165) is 0 Å². The van der Waals surface area contributed by atoms with Crippen molar-refractivity contribution in [3.63, 3.8) is 0 Å². The van der Waals surface area contributed by atoms with Crippen molar-refractivity contribution in [1.29, 1.82) is 0 Å². The van der Waals surface area contributed by atoms with E-state index in [2.05, 4.69) is 214 Å². The van der Waals surface area contributed by atoms with Crippen molar-refractivity contribution in [2.45, 2.75) is 83.1 Å². The highest BCUT2D eigenvalue weighted by molar-refractivity contribution is 7.02. The van der Waals surface area contributed by atoms with Gasteiger partial charge in [-0.2, -0.15) is 0 Å². The van der Waals surface area contributed by atoms with Gasteiger partial charge >= 0.3 is 0 Å². The molecule has 0 spiro atoms. The molecule has 0 aliphatic carbocycles. The number of rotatable bonds is 4. The molecule has 0 fully saturated rings. The third-order valence-corrected chi connectivity index (χ3v) is 16.2. The van der Waals surface area contributed by atoms with Crippen LogP contribution in [-0.2, 0) is 0 Å². The molecule has 0 amide bonds. The highest BCUT2D eigenvalue weighted by Crippen LogP contribution is 2.41. The Balaban J connectivity index is 1.30. The molecule has 0 bridgehead atoms. The number of aryl methyl sites for hydroxylation is 2. The Bertz CT molecular complexity index is 3270. The zero-order valence-corrected chi connectivity index (χ0v) is 39.6. The van der Waals surface area contributed by atoms with Crippen LogP contribution >= 0.6 is 0 Å². The Kier molecular flexibility index (Phi) is 9.13. The van der Waals surface area contributed by atoms with Gasteiger partial charge in [0.15, 0.2) is 0 Å². The first-order chi connectivity index (χ1) is 30.8. The van der Waals surface area contributed by atoms with Gasteiger partial charge in [-0.15, -0.1) is 0 Å². The molecule has 312 valence electrons. The molecule has 0 atom stereocenters. The minimum absolute atomic E-state index is 0.0397. The van der Waals surface area contributed by atoms with Gasteiger partial charge in [0.25, 0.3) is 0 Å². The summed E-state index contributed by atoms with van der Waals surface area (Å²) in [7, 11) is 0. The van der Waals surface area contributed by atoms with Crippen LogP contribution in [0.5, 0.6) is 0 Å². The van der Waals surface area contributed by atoms with E-state index in [-0.39, 0.29) is 13.4 Å². The molecular formula is C60H56B2N2. The van der Waals surface area contributed by atoms with Crippen molar-refractivity contribution in [2.75, 3.05) is 4.90 Å². The van der Waals surface area contributed by atoms with E-state index >= 15 is 0 Å². The molecule has 2 aliphatic heterocycles. The minimum Gasteiger partial charge on any atom is -0.313 e. The van der Waals surface area contributed by atoms with Crippen LogP contribution in [0.25, 0.3) is 38.6 Å². The molecule has 0 unspecified atom stereocenters. The Hall–Kier alpha value is -6.51. The van der Waals surface area contributed by atoms with Crippen molar-refractivity contribution >= 4 is 85.1 Å². The Morgan fingerprint density at radius 1 is 0.344 bits per heavy atom. The van der Waals surface area contributed by atoms with Crippen molar-refractivity contribution in [1.82, 2.24) is 4.57 Å². The topological polar surface area (TPSA) is 8.17 Å². The first-order valence-electron chi connectivity index (χ1n) is 23.2. The summed E-state index contributed by atoms with van der Waals surface area (Å²) in [5, 5.41) is 2.54. The number of nitrogens with zero attached hydrogens (tertiary/aromatic N) is 2. The summed E-state index contributed by atoms with van der Waals surface area (Å²) >= 11 is 0. The first-order valence-corrected chi connectivity index (χ1v) is 23.2. The lowest BCUT2D eigenvalue weighted by Crippen LogP contribution is -2.66. The summed E-state index contributed by atoms with van der Waals surface area (Å²) < 4.78 is 2.43. The van der Waals surface area contributed by atoms with Gasteiger partial charge < -0.3 is 9.47 Å². The number of fused-ring (bicyclic) bond motifs is 7. The molecule has 8 aromatic carbocycles. The molecule has 3 heterocycles. The Morgan fingerprint density at radius 2 is 0.797 bits per heavy atom. The Labute approximate surface area is 380 Å². The zero-order valence-electron chi connectivity index (χ0n) is 39.6. The lowest BCUT2D eigenvalue weighted by Gasteiger charge is -2.45. The fourth-order valence-corrected chi connectivity index (χ4v) is 12.0. The summed E-state index contributed by atoms with van der Waals surface area (Å²) in [6, 6.07) is 46.6. The van der Waals surface area contributed by atoms with Crippen molar-refractivity contribution in [2.24, 2.45) is 0 Å². The summed E-state index contributed by atoms with van der Waals surface area (Å²) in [6.45, 7) is 28.1. The normalized spacial score (nSPS) is 12.9. The van der Waals surface area contributed by atoms with Crippen LogP contribution in [0.3, 0.4) is 0 Å². The monoisotopic (exact) mass is 826 g/mol. The predicted molar refractivity (Wildman–Crippen MR) is 280 cm³/mol. The average molecular weight is 827 g/mol. The maximum atomic E-state index is 2.65. The van der Waals surface area contributed by atoms with Crippen LogP contribution in [-0.4, -0.2) is 18.0 Å². The highest BCUT2D eigenvalue weighted by Gasteiger charge is 2.45. The highest BCUT2D eigenvalue weighted by atomic mass is 15.2. The number of benzene rings is 8. The van der Waals surface area contributed by atoms with Crippen LogP contribution in [0.2, 0.25) is 0 Å². The Morgan fingerprint density at radius 3 is 1.31 bits per heavy atom. The van der Waals surface area contributed by atoms with Crippen LogP contribution < -0.4 is 37.7 Å². The van der Waals surface area contributed by atoms with Gasteiger partial charge in [-0.05, 0) is 192 Å². The van der Waals surface area contributed by atoms with E-state index in [4.69, 9.17) is 0 Å². The van der Waals surface area contributed by atoms with Crippen molar-refractivity contribution in [3.8, 4) is 16.8 Å². The number of anilines is 3. The zero-order chi connectivity index (χ0) is 44.6. The lowest BCUT2D eigenvalue weighted by atomic mass is 9.29. The summed E-state index contributed by atoms with van der Waals surface area (Å²) in [5.74, 6) is 0. The molecule has 2 aliphatic rings. The smallest absolute Gasteiger partial charge is 0.247 e. The number of hydrogen-bond acceptors (Lipinski definition) is 1. The van der Waals surface area contributed by atoms with Gasteiger partial charge in [-0.3, -0.25) is 0 Å². The van der Waals surface area contributed by atoms with Crippen molar-refractivity contribution < 1.29 is 0 Å². The first kappa shape index (κ1) is 40.3. The second-order valence-electron chi connectivity index (χ2n) is 19.3. The largest absolute Gasteiger partial charge is 0.313 e. The second-order valence-corrected chi connectivity index (χ2v) is 19.3. The number of para-hydroxylation sites is 2. The molecular weight excluding hydrogens is 770 g/mol. The van der Waals surface area contributed by atoms with Crippen LogP contribution in [0.1, 0.15) is 66.8 Å². The van der Waals surface area contributed by atoms with Crippen LogP contribution in [0.4, 0.5) is 17.1 Å². The molecule has 2 nitrogen and oxygen atoms in total. The minimum atomic E-state index is 0.0397. The SMILES string of the molecule is Cc1ccc2c(c1)B(c1c(C)c(C)c(C)c(C)c1C)c1cc(-c3ccc4c(c3)c3ccccc3n4-c3ccccc3)cc3c1N2c1ccc(C)cc1B3c1c(C)c(C)c(C)c(C)c1C. The molecule has 0 N–H and O–H groups in total. The standard InChI is InChI=1S/C60H56B2N2/c1-33-22-25-56-50(28-33)61(58-41(9)37(5)35(3)38(6)42(58)10)52-31-46(45-24-27-55-49(30-45)48-20-16-17-21-54(48)63(55)47-18-14-13-15-19-47)32-53-60(52)64(56)57-26-23-34(2)29-51(57)62(53)59-43(11)39(7)36(4)40(8)44(59)12/h13-32H,1-12H3. The maximum Gasteiger partial charge on any atom is 0.247 e. The van der Waals surface area contributed by atoms with Gasteiger partial charge in [0.1, 0.15) is 0 Å². The van der Waals surface area contributed by atoms with E-state index in [1.165, 1.54) is 155 Å². The lowest BCUT2D eigenvalue weighted by molar-refractivity contribution is 1.18. The van der Waals surface area contributed by atoms with E-state index in [1.807, 2.05) is 0 Å². The second kappa shape index (κ2) is 14.5. The van der Waals surface area contributed by atoms with Gasteiger partial charge in [0.2, 0.25) is 13.4 Å². The summed E-state index contributed by atoms with van der Waals surface area (Å²) in [5.41, 5.74) is 35.1. The quantitative estimate of drug-likeness (QED) is 0.161. The van der Waals surface area contributed by atoms with Gasteiger partial charge in [-0.25, -0.2) is 0 Å². The molecule has 11 rings (SSSR count). The molecule has 64 heavy (non-hydrogen) atoms. The number of hydrogen-bond donors (Lipinski definition) is 0. The molecule has 9 aromatic rings. The molecule has 0 radical (unpaired) electrons. The average Bonchev–Trinajstić information content (AvgIpc) is 3.64. The van der Waals surface area contributed by atoms with E-state index in [0.29, 0.717) is 0 Å². The van der Waals surface area contributed by atoms with Crippen LogP contribution in [0.15, 0.2) is 121 Å². The summed E-state index contributed by atoms with van der Waals surface area (Å²) in [4.78, 5) is 2.65. The van der Waals surface area contributed by atoms with E-state index < -0.39 is 0 Å². The third kappa shape index (κ3) is 5.60. The molecule has 1 aromatic heterocycles. The molecule has 4 heteroatoms. The predicted octanol–water partition coefficient (Wildman–Crippen LogP) is 11.3. The molecule has 0 saturated heterocycles. The fraction of sp³-hybridized carbons (Fsp3) is 0.200. The fourth-order valence-electron chi connectivity index (χ4n) is 12.0. The maximum absolute atomic E-state index is 2.65. The number of aromatic nitrogens is 1. The molecule has 0 saturated carbocycles.